The van der Waals surface area contributed by atoms with Gasteiger partial charge in [0.15, 0.2) is 0 Å². The van der Waals surface area contributed by atoms with Crippen LogP contribution in [0.4, 0.5) is 13.2 Å². The standard InChI is InChI=1S/C11H12ClF3/c1-7-4-8(6-9(12)5-7)10(2,3)11(13,14)15/h4-6H,1-3H3. The predicted molar refractivity (Wildman–Crippen MR) is 55.3 cm³/mol. The van der Waals surface area contributed by atoms with E-state index in [1.807, 2.05) is 0 Å². The topological polar surface area (TPSA) is 0 Å². The number of alkyl halides is 3. The molecule has 0 N–H and O–H groups in total. The van der Waals surface area contributed by atoms with E-state index in [1.165, 1.54) is 12.1 Å². The summed E-state index contributed by atoms with van der Waals surface area (Å²) in [5, 5.41) is 0.335. The van der Waals surface area contributed by atoms with Crippen LogP contribution in [0.2, 0.25) is 5.02 Å². The molecule has 0 spiro atoms. The number of halogens is 4. The number of aryl methyl sites for hydroxylation is 1. The lowest BCUT2D eigenvalue weighted by molar-refractivity contribution is -0.180. The summed E-state index contributed by atoms with van der Waals surface area (Å²) < 4.78 is 38.2. The van der Waals surface area contributed by atoms with Gasteiger partial charge in [-0.1, -0.05) is 17.7 Å². The first-order valence-corrected chi connectivity index (χ1v) is 4.87. The Kier molecular flexibility index (Phi) is 3.06. The van der Waals surface area contributed by atoms with E-state index in [9.17, 15) is 13.2 Å². The number of hydrogen-bond donors (Lipinski definition) is 0. The highest BCUT2D eigenvalue weighted by molar-refractivity contribution is 6.30. The van der Waals surface area contributed by atoms with E-state index in [1.54, 1.807) is 13.0 Å². The Bertz CT molecular complexity index is 346. The maximum Gasteiger partial charge on any atom is 0.397 e. The van der Waals surface area contributed by atoms with Crippen molar-refractivity contribution in [1.29, 1.82) is 0 Å². The zero-order valence-electron chi connectivity index (χ0n) is 8.74. The molecule has 0 saturated carbocycles. The quantitative estimate of drug-likeness (QED) is 0.674. The first-order valence-electron chi connectivity index (χ1n) is 4.49. The molecule has 0 amide bonds. The maximum atomic E-state index is 12.7. The van der Waals surface area contributed by atoms with Crippen molar-refractivity contribution in [2.75, 3.05) is 0 Å². The molecule has 0 unspecified atom stereocenters. The van der Waals surface area contributed by atoms with E-state index in [0.29, 0.717) is 5.02 Å². The second-order valence-electron chi connectivity index (χ2n) is 4.14. The normalized spacial score (nSPS) is 13.0. The predicted octanol–water partition coefficient (Wildman–Crippen LogP) is 4.49. The van der Waals surface area contributed by atoms with Crippen LogP contribution in [0.25, 0.3) is 0 Å². The SMILES string of the molecule is Cc1cc(Cl)cc(C(C)(C)C(F)(F)F)c1. The van der Waals surface area contributed by atoms with E-state index >= 15 is 0 Å². The molecule has 84 valence electrons. The lowest BCUT2D eigenvalue weighted by atomic mass is 9.83. The minimum absolute atomic E-state index is 0.194. The average Bonchev–Trinajstić information content (AvgIpc) is 1.99. The minimum atomic E-state index is -4.27. The van der Waals surface area contributed by atoms with E-state index in [4.69, 9.17) is 11.6 Å². The Morgan fingerprint density at radius 1 is 1.07 bits per heavy atom. The maximum absolute atomic E-state index is 12.7. The summed E-state index contributed by atoms with van der Waals surface area (Å²) in [6.07, 6.45) is -4.27. The Balaban J connectivity index is 3.27. The van der Waals surface area contributed by atoms with Crippen molar-refractivity contribution in [3.05, 3.63) is 34.3 Å². The van der Waals surface area contributed by atoms with Gasteiger partial charge >= 0.3 is 6.18 Å². The zero-order chi connectivity index (χ0) is 11.9. The fourth-order valence-corrected chi connectivity index (χ4v) is 1.55. The van der Waals surface area contributed by atoms with Crippen molar-refractivity contribution in [2.24, 2.45) is 0 Å². The van der Waals surface area contributed by atoms with Gasteiger partial charge < -0.3 is 0 Å². The van der Waals surface area contributed by atoms with Crippen molar-refractivity contribution in [1.82, 2.24) is 0 Å². The Morgan fingerprint density at radius 3 is 2.00 bits per heavy atom. The van der Waals surface area contributed by atoms with Crippen LogP contribution < -0.4 is 0 Å². The molecule has 0 aromatic heterocycles. The highest BCUT2D eigenvalue weighted by Crippen LogP contribution is 2.41. The molecule has 0 radical (unpaired) electrons. The Hall–Kier alpha value is -0.700. The van der Waals surface area contributed by atoms with Crippen molar-refractivity contribution in [3.8, 4) is 0 Å². The zero-order valence-corrected chi connectivity index (χ0v) is 9.50. The first kappa shape index (κ1) is 12.4. The monoisotopic (exact) mass is 236 g/mol. The van der Waals surface area contributed by atoms with Gasteiger partial charge in [0.2, 0.25) is 0 Å². The van der Waals surface area contributed by atoms with Crippen molar-refractivity contribution < 1.29 is 13.2 Å². The molecule has 0 aliphatic heterocycles. The molecule has 0 aliphatic carbocycles. The molecular formula is C11H12ClF3. The van der Waals surface area contributed by atoms with Crippen LogP contribution in [-0.4, -0.2) is 6.18 Å². The van der Waals surface area contributed by atoms with E-state index in [2.05, 4.69) is 0 Å². The van der Waals surface area contributed by atoms with Crippen LogP contribution in [0.15, 0.2) is 18.2 Å². The number of hydrogen-bond acceptors (Lipinski definition) is 0. The van der Waals surface area contributed by atoms with Crippen molar-refractivity contribution >= 4 is 11.6 Å². The molecule has 0 heterocycles. The van der Waals surface area contributed by atoms with Gasteiger partial charge in [0, 0.05) is 5.02 Å². The van der Waals surface area contributed by atoms with E-state index in [0.717, 1.165) is 19.4 Å². The lowest BCUT2D eigenvalue weighted by Gasteiger charge is -2.28. The van der Waals surface area contributed by atoms with E-state index in [-0.39, 0.29) is 5.56 Å². The second-order valence-corrected chi connectivity index (χ2v) is 4.58. The molecule has 4 heteroatoms. The fraction of sp³-hybridized carbons (Fsp3) is 0.455. The summed E-state index contributed by atoms with van der Waals surface area (Å²) in [4.78, 5) is 0. The summed E-state index contributed by atoms with van der Waals surface area (Å²) in [7, 11) is 0. The Labute approximate surface area is 92.1 Å². The largest absolute Gasteiger partial charge is 0.397 e. The third kappa shape index (κ3) is 2.46. The van der Waals surface area contributed by atoms with Gasteiger partial charge in [0.25, 0.3) is 0 Å². The molecule has 0 nitrogen and oxygen atoms in total. The lowest BCUT2D eigenvalue weighted by Crippen LogP contribution is -2.36. The Morgan fingerprint density at radius 2 is 1.60 bits per heavy atom. The van der Waals surface area contributed by atoms with Crippen molar-refractivity contribution in [3.63, 3.8) is 0 Å². The smallest absolute Gasteiger partial charge is 0.170 e. The molecule has 15 heavy (non-hydrogen) atoms. The molecule has 0 atom stereocenters. The molecule has 0 fully saturated rings. The molecule has 0 aliphatic rings. The molecule has 1 aromatic rings. The third-order valence-electron chi connectivity index (χ3n) is 2.47. The van der Waals surface area contributed by atoms with Gasteiger partial charge in [0.1, 0.15) is 0 Å². The number of benzene rings is 1. The molecule has 1 rings (SSSR count). The highest BCUT2D eigenvalue weighted by atomic mass is 35.5. The van der Waals surface area contributed by atoms with Crippen LogP contribution in [0.1, 0.15) is 25.0 Å². The highest BCUT2D eigenvalue weighted by Gasteiger charge is 2.48. The van der Waals surface area contributed by atoms with E-state index < -0.39 is 11.6 Å². The number of rotatable bonds is 1. The summed E-state index contributed by atoms with van der Waals surface area (Å²) in [6, 6.07) is 4.51. The van der Waals surface area contributed by atoms with Crippen LogP contribution >= 0.6 is 11.6 Å². The molecule has 0 bridgehead atoms. The van der Waals surface area contributed by atoms with Gasteiger partial charge in [0.05, 0.1) is 5.41 Å². The van der Waals surface area contributed by atoms with Crippen molar-refractivity contribution in [2.45, 2.75) is 32.4 Å². The third-order valence-corrected chi connectivity index (χ3v) is 2.69. The van der Waals surface area contributed by atoms with Gasteiger partial charge in [-0.3, -0.25) is 0 Å². The average molecular weight is 237 g/mol. The van der Waals surface area contributed by atoms with Gasteiger partial charge in [-0.2, -0.15) is 13.2 Å². The summed E-state index contributed by atoms with van der Waals surface area (Å²) in [5.74, 6) is 0. The first-order chi connectivity index (χ1) is 6.64. The molecule has 0 saturated heterocycles. The van der Waals surface area contributed by atoms with Crippen LogP contribution in [0.3, 0.4) is 0 Å². The van der Waals surface area contributed by atoms with Crippen LogP contribution in [-0.2, 0) is 5.41 Å². The summed E-state index contributed by atoms with van der Waals surface area (Å²) >= 11 is 5.74. The van der Waals surface area contributed by atoms with Crippen LogP contribution in [0, 0.1) is 6.92 Å². The minimum Gasteiger partial charge on any atom is -0.170 e. The van der Waals surface area contributed by atoms with Gasteiger partial charge in [-0.15, -0.1) is 0 Å². The second kappa shape index (κ2) is 3.71. The van der Waals surface area contributed by atoms with Crippen LogP contribution in [0.5, 0.6) is 0 Å². The fourth-order valence-electron chi connectivity index (χ4n) is 1.26. The van der Waals surface area contributed by atoms with Gasteiger partial charge in [-0.25, -0.2) is 0 Å². The summed E-state index contributed by atoms with van der Waals surface area (Å²) in [5.41, 5.74) is -0.947. The molecular weight excluding hydrogens is 225 g/mol. The van der Waals surface area contributed by atoms with Gasteiger partial charge in [-0.05, 0) is 44.0 Å². The summed E-state index contributed by atoms with van der Waals surface area (Å²) in [6.45, 7) is 4.03. The molecule has 1 aromatic carbocycles.